The summed E-state index contributed by atoms with van der Waals surface area (Å²) in [6.07, 6.45) is 1.94. The molecular formula is C16H25N3O. The zero-order valence-corrected chi connectivity index (χ0v) is 12.4. The molecule has 1 aromatic rings. The summed E-state index contributed by atoms with van der Waals surface area (Å²) >= 11 is 0. The van der Waals surface area contributed by atoms with Gasteiger partial charge in [-0.15, -0.1) is 0 Å². The smallest absolute Gasteiger partial charge is 0.222 e. The van der Waals surface area contributed by atoms with Crippen molar-refractivity contribution in [1.29, 1.82) is 0 Å². The maximum absolute atomic E-state index is 11.4. The molecule has 1 aliphatic rings. The van der Waals surface area contributed by atoms with E-state index in [1.165, 1.54) is 11.3 Å². The van der Waals surface area contributed by atoms with Gasteiger partial charge in [-0.05, 0) is 24.5 Å². The van der Waals surface area contributed by atoms with Gasteiger partial charge in [0.2, 0.25) is 5.91 Å². The first-order valence-electron chi connectivity index (χ1n) is 7.43. The number of carbonyl (C=O) groups is 1. The van der Waals surface area contributed by atoms with Gasteiger partial charge in [0, 0.05) is 31.4 Å². The summed E-state index contributed by atoms with van der Waals surface area (Å²) in [7, 11) is 0. The maximum Gasteiger partial charge on any atom is 0.222 e. The molecule has 110 valence electrons. The lowest BCUT2D eigenvalue weighted by molar-refractivity contribution is -0.122. The van der Waals surface area contributed by atoms with Gasteiger partial charge >= 0.3 is 0 Å². The molecule has 3 N–H and O–H groups in total. The second-order valence-corrected chi connectivity index (χ2v) is 5.85. The third kappa shape index (κ3) is 3.73. The van der Waals surface area contributed by atoms with Gasteiger partial charge in [-0.1, -0.05) is 32.0 Å². The van der Waals surface area contributed by atoms with Crippen molar-refractivity contribution >= 4 is 11.6 Å². The first-order chi connectivity index (χ1) is 9.58. The molecule has 1 saturated heterocycles. The predicted molar refractivity (Wildman–Crippen MR) is 82.5 cm³/mol. The average molecular weight is 275 g/mol. The number of nitrogens with two attached hydrogens (primary N) is 1. The molecule has 1 aliphatic heterocycles. The number of carbonyl (C=O) groups excluding carboxylic acids is 1. The first kappa shape index (κ1) is 14.9. The number of hydrogen-bond donors (Lipinski definition) is 2. The number of anilines is 1. The van der Waals surface area contributed by atoms with Crippen molar-refractivity contribution in [2.24, 2.45) is 11.7 Å². The molecule has 20 heavy (non-hydrogen) atoms. The van der Waals surface area contributed by atoms with E-state index in [9.17, 15) is 4.79 Å². The molecule has 2 rings (SSSR count). The van der Waals surface area contributed by atoms with Gasteiger partial charge in [-0.25, -0.2) is 0 Å². The molecule has 1 atom stereocenters. The van der Waals surface area contributed by atoms with Crippen LogP contribution in [0.2, 0.25) is 0 Å². The van der Waals surface area contributed by atoms with Crippen LogP contribution in [0.5, 0.6) is 0 Å². The number of nitrogens with zero attached hydrogens (tertiary/aromatic N) is 1. The van der Waals surface area contributed by atoms with Gasteiger partial charge < -0.3 is 16.0 Å². The van der Waals surface area contributed by atoms with E-state index in [0.717, 1.165) is 32.5 Å². The largest absolute Gasteiger partial charge is 0.370 e. The number of piperidine rings is 1. The van der Waals surface area contributed by atoms with Crippen molar-refractivity contribution in [2.75, 3.05) is 18.0 Å². The van der Waals surface area contributed by atoms with E-state index in [4.69, 9.17) is 5.73 Å². The number of benzene rings is 1. The monoisotopic (exact) mass is 275 g/mol. The summed E-state index contributed by atoms with van der Waals surface area (Å²) in [5, 5.41) is 3.46. The van der Waals surface area contributed by atoms with E-state index in [1.54, 1.807) is 0 Å². The molecule has 0 saturated carbocycles. The number of rotatable bonds is 5. The van der Waals surface area contributed by atoms with Crippen molar-refractivity contribution in [3.8, 4) is 0 Å². The molecule has 1 fully saturated rings. The van der Waals surface area contributed by atoms with Crippen LogP contribution in [-0.2, 0) is 11.3 Å². The Bertz CT molecular complexity index is 459. The minimum atomic E-state index is -0.174. The Morgan fingerprint density at radius 1 is 1.45 bits per heavy atom. The minimum Gasteiger partial charge on any atom is -0.370 e. The number of amides is 1. The Kier molecular flexibility index (Phi) is 5.01. The fourth-order valence-electron chi connectivity index (χ4n) is 2.71. The zero-order chi connectivity index (χ0) is 14.5. The molecule has 0 aromatic heterocycles. The molecule has 0 radical (unpaired) electrons. The van der Waals surface area contributed by atoms with Crippen LogP contribution in [0.1, 0.15) is 32.3 Å². The van der Waals surface area contributed by atoms with Crippen LogP contribution in [0.3, 0.4) is 0 Å². The van der Waals surface area contributed by atoms with Crippen molar-refractivity contribution in [2.45, 2.75) is 39.3 Å². The molecule has 1 amide bonds. The number of nitrogens with one attached hydrogen (secondary N) is 1. The molecule has 0 spiro atoms. The number of hydrogen-bond acceptors (Lipinski definition) is 3. The van der Waals surface area contributed by atoms with Crippen LogP contribution >= 0.6 is 0 Å². The highest BCUT2D eigenvalue weighted by Crippen LogP contribution is 2.26. The molecule has 4 heteroatoms. The van der Waals surface area contributed by atoms with Crippen LogP contribution in [0.25, 0.3) is 0 Å². The fraction of sp³-hybridized carbons (Fsp3) is 0.562. The predicted octanol–water partition coefficient (Wildman–Crippen LogP) is 1.89. The van der Waals surface area contributed by atoms with E-state index in [-0.39, 0.29) is 11.8 Å². The molecule has 1 aromatic carbocycles. The van der Waals surface area contributed by atoms with Crippen molar-refractivity contribution in [1.82, 2.24) is 5.32 Å². The Labute approximate surface area is 121 Å². The topological polar surface area (TPSA) is 58.4 Å². The highest BCUT2D eigenvalue weighted by Gasteiger charge is 2.25. The standard InChI is InChI=1S/C16H25N3O/c1-12(2)18-10-13-6-3-4-8-15(13)19-9-5-7-14(11-19)16(17)20/h3-4,6,8,12,14,18H,5,7,9-11H2,1-2H3,(H2,17,20). The van der Waals surface area contributed by atoms with Crippen molar-refractivity contribution in [3.05, 3.63) is 29.8 Å². The van der Waals surface area contributed by atoms with E-state index < -0.39 is 0 Å². The lowest BCUT2D eigenvalue weighted by Crippen LogP contribution is -2.41. The summed E-state index contributed by atoms with van der Waals surface area (Å²) in [5.41, 5.74) is 7.98. The number of para-hydroxylation sites is 1. The SMILES string of the molecule is CC(C)NCc1ccccc1N1CCCC(C(N)=O)C1. The van der Waals surface area contributed by atoms with Crippen LogP contribution in [0.4, 0.5) is 5.69 Å². The molecule has 1 unspecified atom stereocenters. The quantitative estimate of drug-likeness (QED) is 0.862. The first-order valence-corrected chi connectivity index (χ1v) is 7.43. The maximum atomic E-state index is 11.4. The zero-order valence-electron chi connectivity index (χ0n) is 12.4. The highest BCUT2D eigenvalue weighted by atomic mass is 16.1. The second-order valence-electron chi connectivity index (χ2n) is 5.85. The van der Waals surface area contributed by atoms with Gasteiger partial charge in [-0.3, -0.25) is 4.79 Å². The molecule has 1 heterocycles. The number of primary amides is 1. The highest BCUT2D eigenvalue weighted by molar-refractivity contribution is 5.77. The van der Waals surface area contributed by atoms with Crippen molar-refractivity contribution < 1.29 is 4.79 Å². The van der Waals surface area contributed by atoms with Crippen molar-refractivity contribution in [3.63, 3.8) is 0 Å². The van der Waals surface area contributed by atoms with Gasteiger partial charge in [0.1, 0.15) is 0 Å². The fourth-order valence-corrected chi connectivity index (χ4v) is 2.71. The van der Waals surface area contributed by atoms with E-state index in [0.29, 0.717) is 6.04 Å². The third-order valence-electron chi connectivity index (χ3n) is 3.86. The summed E-state index contributed by atoms with van der Waals surface area (Å²) in [5.74, 6) is -0.192. The lowest BCUT2D eigenvalue weighted by atomic mass is 9.96. The van der Waals surface area contributed by atoms with Gasteiger partial charge in [0.15, 0.2) is 0 Å². The van der Waals surface area contributed by atoms with Gasteiger partial charge in [0.05, 0.1) is 5.92 Å². The van der Waals surface area contributed by atoms with Crippen LogP contribution in [0, 0.1) is 5.92 Å². The Morgan fingerprint density at radius 2 is 2.20 bits per heavy atom. The summed E-state index contributed by atoms with van der Waals surface area (Å²) in [6, 6.07) is 8.88. The molecule has 4 nitrogen and oxygen atoms in total. The van der Waals surface area contributed by atoms with Crippen LogP contribution in [0.15, 0.2) is 24.3 Å². The summed E-state index contributed by atoms with van der Waals surface area (Å²) < 4.78 is 0. The second kappa shape index (κ2) is 6.75. The summed E-state index contributed by atoms with van der Waals surface area (Å²) in [6.45, 7) is 6.89. The summed E-state index contributed by atoms with van der Waals surface area (Å²) in [4.78, 5) is 13.7. The van der Waals surface area contributed by atoms with Gasteiger partial charge in [-0.2, -0.15) is 0 Å². The Balaban J connectivity index is 2.12. The molecule has 0 aliphatic carbocycles. The van der Waals surface area contributed by atoms with Crippen LogP contribution in [-0.4, -0.2) is 25.0 Å². The van der Waals surface area contributed by atoms with E-state index in [2.05, 4.69) is 48.3 Å². The minimum absolute atomic E-state index is 0.0186. The van der Waals surface area contributed by atoms with Crippen LogP contribution < -0.4 is 16.0 Å². The lowest BCUT2D eigenvalue weighted by Gasteiger charge is -2.34. The van der Waals surface area contributed by atoms with E-state index in [1.807, 2.05) is 0 Å². The average Bonchev–Trinajstić information content (AvgIpc) is 2.45. The molecular weight excluding hydrogens is 250 g/mol. The van der Waals surface area contributed by atoms with Gasteiger partial charge in [0.25, 0.3) is 0 Å². The third-order valence-corrected chi connectivity index (χ3v) is 3.86. The normalized spacial score (nSPS) is 19.4. The Morgan fingerprint density at radius 3 is 2.90 bits per heavy atom. The molecule has 0 bridgehead atoms. The van der Waals surface area contributed by atoms with E-state index >= 15 is 0 Å². The Hall–Kier alpha value is -1.55.